The molecule has 0 radical (unpaired) electrons. The summed E-state index contributed by atoms with van der Waals surface area (Å²) in [7, 11) is 0. The van der Waals surface area contributed by atoms with Crippen LogP contribution in [-0.2, 0) is 4.74 Å². The molecule has 1 fully saturated rings. The van der Waals surface area contributed by atoms with E-state index in [4.69, 9.17) is 4.74 Å². The van der Waals surface area contributed by atoms with E-state index in [1.54, 1.807) is 0 Å². The number of rotatable bonds is 4. The van der Waals surface area contributed by atoms with Crippen LogP contribution in [0.1, 0.15) is 51.0 Å². The standard InChI is InChI=1S/C17H23NO2/c1-2-16(15-11-7-4-8-12-15)18-17(19)20-13-14-9-5-3-6-10-14/h4,7-8,11-12,14H,2-3,5-6,9-10,13H2,1H3/b18-16-. The van der Waals surface area contributed by atoms with Crippen LogP contribution in [0.3, 0.4) is 0 Å². The first-order valence-electron chi connectivity index (χ1n) is 7.59. The number of carbonyl (C=O) groups excluding carboxylic acids is 1. The normalized spacial score (nSPS) is 16.9. The molecule has 0 saturated heterocycles. The average Bonchev–Trinajstić information content (AvgIpc) is 2.52. The molecule has 1 saturated carbocycles. The zero-order chi connectivity index (χ0) is 14.2. The zero-order valence-corrected chi connectivity index (χ0v) is 12.2. The summed E-state index contributed by atoms with van der Waals surface area (Å²) in [4.78, 5) is 15.9. The largest absolute Gasteiger partial charge is 0.448 e. The van der Waals surface area contributed by atoms with Crippen LogP contribution < -0.4 is 0 Å². The molecular formula is C17H23NO2. The van der Waals surface area contributed by atoms with Gasteiger partial charge in [-0.2, -0.15) is 4.99 Å². The fourth-order valence-corrected chi connectivity index (χ4v) is 2.66. The molecule has 0 aliphatic heterocycles. The van der Waals surface area contributed by atoms with E-state index in [1.807, 2.05) is 37.3 Å². The molecule has 0 atom stereocenters. The van der Waals surface area contributed by atoms with E-state index in [2.05, 4.69) is 4.99 Å². The van der Waals surface area contributed by atoms with Crippen molar-refractivity contribution in [3.05, 3.63) is 35.9 Å². The van der Waals surface area contributed by atoms with E-state index < -0.39 is 6.09 Å². The lowest BCUT2D eigenvalue weighted by Crippen LogP contribution is -2.16. The average molecular weight is 273 g/mol. The Labute approximate surface area is 121 Å². The summed E-state index contributed by atoms with van der Waals surface area (Å²) < 4.78 is 5.31. The highest BCUT2D eigenvalue weighted by molar-refractivity contribution is 6.05. The summed E-state index contributed by atoms with van der Waals surface area (Å²) in [5, 5.41) is 0. The van der Waals surface area contributed by atoms with E-state index in [-0.39, 0.29) is 0 Å². The lowest BCUT2D eigenvalue weighted by atomic mass is 9.90. The van der Waals surface area contributed by atoms with Crippen LogP contribution in [0.15, 0.2) is 35.3 Å². The van der Waals surface area contributed by atoms with Gasteiger partial charge in [0.2, 0.25) is 0 Å². The molecule has 1 aliphatic carbocycles. The lowest BCUT2D eigenvalue weighted by Gasteiger charge is -2.20. The lowest BCUT2D eigenvalue weighted by molar-refractivity contribution is 0.125. The fourth-order valence-electron chi connectivity index (χ4n) is 2.66. The molecule has 1 aliphatic rings. The highest BCUT2D eigenvalue weighted by Gasteiger charge is 2.15. The van der Waals surface area contributed by atoms with Crippen molar-refractivity contribution >= 4 is 11.8 Å². The van der Waals surface area contributed by atoms with Crippen LogP contribution in [-0.4, -0.2) is 18.4 Å². The van der Waals surface area contributed by atoms with Crippen LogP contribution in [0.5, 0.6) is 0 Å². The van der Waals surface area contributed by atoms with Crippen LogP contribution in [0.25, 0.3) is 0 Å². The van der Waals surface area contributed by atoms with Gasteiger partial charge < -0.3 is 4.74 Å². The number of nitrogens with zero attached hydrogens (tertiary/aromatic N) is 1. The summed E-state index contributed by atoms with van der Waals surface area (Å²) in [6, 6.07) is 9.80. The predicted octanol–water partition coefficient (Wildman–Crippen LogP) is 4.60. The van der Waals surface area contributed by atoms with Gasteiger partial charge in [0.05, 0.1) is 12.3 Å². The molecule has 0 bridgehead atoms. The Morgan fingerprint density at radius 3 is 2.55 bits per heavy atom. The molecule has 108 valence electrons. The Morgan fingerprint density at radius 2 is 1.90 bits per heavy atom. The van der Waals surface area contributed by atoms with Crippen LogP contribution >= 0.6 is 0 Å². The molecular weight excluding hydrogens is 250 g/mol. The summed E-state index contributed by atoms with van der Waals surface area (Å²) in [5.74, 6) is 0.532. The Hall–Kier alpha value is -1.64. The van der Waals surface area contributed by atoms with E-state index in [0.29, 0.717) is 12.5 Å². The molecule has 0 aromatic heterocycles. The zero-order valence-electron chi connectivity index (χ0n) is 12.2. The van der Waals surface area contributed by atoms with Gasteiger partial charge >= 0.3 is 6.09 Å². The first-order chi connectivity index (χ1) is 9.79. The van der Waals surface area contributed by atoms with Gasteiger partial charge in [0.25, 0.3) is 0 Å². The van der Waals surface area contributed by atoms with E-state index in [1.165, 1.54) is 32.1 Å². The van der Waals surface area contributed by atoms with Crippen LogP contribution in [0.4, 0.5) is 4.79 Å². The quantitative estimate of drug-likeness (QED) is 0.752. The topological polar surface area (TPSA) is 38.7 Å². The van der Waals surface area contributed by atoms with Gasteiger partial charge in [-0.05, 0) is 30.7 Å². The molecule has 1 aromatic carbocycles. The van der Waals surface area contributed by atoms with Crippen molar-refractivity contribution in [1.29, 1.82) is 0 Å². The summed E-state index contributed by atoms with van der Waals surface area (Å²) >= 11 is 0. The van der Waals surface area contributed by atoms with Crippen molar-refractivity contribution in [2.24, 2.45) is 10.9 Å². The predicted molar refractivity (Wildman–Crippen MR) is 81.2 cm³/mol. The molecule has 3 nitrogen and oxygen atoms in total. The van der Waals surface area contributed by atoms with Gasteiger partial charge in [-0.3, -0.25) is 0 Å². The van der Waals surface area contributed by atoms with E-state index in [9.17, 15) is 4.79 Å². The third kappa shape index (κ3) is 4.48. The minimum absolute atomic E-state index is 0.448. The summed E-state index contributed by atoms with van der Waals surface area (Å²) in [6.07, 6.45) is 6.47. The Kier molecular flexibility index (Phi) is 5.78. The molecule has 1 aromatic rings. The highest BCUT2D eigenvalue weighted by atomic mass is 16.5. The second-order valence-electron chi connectivity index (χ2n) is 5.36. The summed E-state index contributed by atoms with van der Waals surface area (Å²) in [6.45, 7) is 2.52. The first-order valence-corrected chi connectivity index (χ1v) is 7.59. The van der Waals surface area contributed by atoms with Gasteiger partial charge in [0.1, 0.15) is 0 Å². The maximum Gasteiger partial charge on any atom is 0.433 e. The molecule has 3 heteroatoms. The molecule has 2 rings (SSSR count). The molecule has 1 amide bonds. The minimum atomic E-state index is -0.448. The van der Waals surface area contributed by atoms with Crippen molar-refractivity contribution < 1.29 is 9.53 Å². The van der Waals surface area contributed by atoms with Crippen LogP contribution in [0.2, 0.25) is 0 Å². The maximum absolute atomic E-state index is 11.8. The number of carbonyl (C=O) groups is 1. The van der Waals surface area contributed by atoms with Gasteiger partial charge in [-0.15, -0.1) is 0 Å². The smallest absolute Gasteiger partial charge is 0.433 e. The van der Waals surface area contributed by atoms with Crippen molar-refractivity contribution in [3.63, 3.8) is 0 Å². The number of ether oxygens (including phenoxy) is 1. The maximum atomic E-state index is 11.8. The van der Waals surface area contributed by atoms with Crippen molar-refractivity contribution in [3.8, 4) is 0 Å². The number of aliphatic imine (C=N–C) groups is 1. The molecule has 20 heavy (non-hydrogen) atoms. The van der Waals surface area contributed by atoms with Crippen molar-refractivity contribution in [2.75, 3.05) is 6.61 Å². The minimum Gasteiger partial charge on any atom is -0.448 e. The van der Waals surface area contributed by atoms with Gasteiger partial charge in [0.15, 0.2) is 0 Å². The number of benzene rings is 1. The van der Waals surface area contributed by atoms with Crippen molar-refractivity contribution in [2.45, 2.75) is 45.4 Å². The number of hydrogen-bond acceptors (Lipinski definition) is 2. The van der Waals surface area contributed by atoms with Crippen molar-refractivity contribution in [1.82, 2.24) is 0 Å². The Morgan fingerprint density at radius 1 is 1.20 bits per heavy atom. The Balaban J connectivity index is 1.89. The monoisotopic (exact) mass is 273 g/mol. The number of amides is 1. The summed E-state index contributed by atoms with van der Waals surface area (Å²) in [5.41, 5.74) is 1.78. The van der Waals surface area contributed by atoms with Gasteiger partial charge in [-0.25, -0.2) is 4.79 Å². The van der Waals surface area contributed by atoms with E-state index in [0.717, 1.165) is 17.7 Å². The van der Waals surface area contributed by atoms with E-state index >= 15 is 0 Å². The highest BCUT2D eigenvalue weighted by Crippen LogP contribution is 2.23. The molecule has 0 unspecified atom stereocenters. The Bertz CT molecular complexity index is 447. The SMILES string of the molecule is CC/C(=N/C(=O)OCC1CCCCC1)c1ccccc1. The second-order valence-corrected chi connectivity index (χ2v) is 5.36. The van der Waals surface area contributed by atoms with Gasteiger partial charge in [-0.1, -0.05) is 56.5 Å². The van der Waals surface area contributed by atoms with Crippen LogP contribution in [0, 0.1) is 5.92 Å². The second kappa shape index (κ2) is 7.83. The third-order valence-electron chi connectivity index (χ3n) is 3.84. The molecule has 0 N–H and O–H groups in total. The molecule has 0 spiro atoms. The van der Waals surface area contributed by atoms with Gasteiger partial charge in [0, 0.05) is 0 Å². The number of hydrogen-bond donors (Lipinski definition) is 0. The fraction of sp³-hybridized carbons (Fsp3) is 0.529. The first kappa shape index (κ1) is 14.8. The third-order valence-corrected chi connectivity index (χ3v) is 3.84. The molecule has 0 heterocycles.